The summed E-state index contributed by atoms with van der Waals surface area (Å²) in [5.74, 6) is -1.55. The van der Waals surface area contributed by atoms with Gasteiger partial charge in [0.1, 0.15) is 6.10 Å². The molecule has 2 saturated heterocycles. The summed E-state index contributed by atoms with van der Waals surface area (Å²) in [7, 11) is 0. The SMILES string of the molecule is CC1=C2[C@H]3OC(C)(C)O[C@@H]3[C@]3(C)CCC[C@@](O)(CO)[C@H]3[C@@H]3OC(=O)O[C@@]3(C[C@@H]1O)C2(C)C. The molecular weight excluding hydrogens is 416 g/mol. The van der Waals surface area contributed by atoms with Crippen molar-refractivity contribution >= 4 is 6.16 Å². The molecule has 4 fully saturated rings. The Bertz CT molecular complexity index is 879. The average Bonchev–Trinajstić information content (AvgIpc) is 3.17. The van der Waals surface area contributed by atoms with Crippen molar-refractivity contribution in [2.75, 3.05) is 6.61 Å². The Morgan fingerprint density at radius 3 is 2.41 bits per heavy atom. The minimum atomic E-state index is -1.49. The maximum Gasteiger partial charge on any atom is 0.509 e. The van der Waals surface area contributed by atoms with Gasteiger partial charge in [-0.3, -0.25) is 0 Å². The van der Waals surface area contributed by atoms with Crippen LogP contribution in [0.2, 0.25) is 0 Å². The van der Waals surface area contributed by atoms with Crippen molar-refractivity contribution in [2.45, 2.75) is 109 Å². The second-order valence-corrected chi connectivity index (χ2v) is 11.8. The summed E-state index contributed by atoms with van der Waals surface area (Å²) in [5, 5.41) is 33.3. The van der Waals surface area contributed by atoms with Crippen molar-refractivity contribution in [3.8, 4) is 0 Å². The van der Waals surface area contributed by atoms with Gasteiger partial charge in [-0.15, -0.1) is 0 Å². The summed E-state index contributed by atoms with van der Waals surface area (Å²) in [5.41, 5.74) is -2.49. The van der Waals surface area contributed by atoms with Crippen LogP contribution in [-0.4, -0.2) is 69.5 Å². The number of hydrogen-bond acceptors (Lipinski definition) is 8. The zero-order valence-corrected chi connectivity index (χ0v) is 19.8. The van der Waals surface area contributed by atoms with Gasteiger partial charge in [0.15, 0.2) is 17.5 Å². The van der Waals surface area contributed by atoms with E-state index < -0.39 is 70.9 Å². The van der Waals surface area contributed by atoms with Crippen LogP contribution in [0.25, 0.3) is 0 Å². The molecule has 8 atom stereocenters. The van der Waals surface area contributed by atoms with E-state index in [9.17, 15) is 20.1 Å². The average molecular weight is 453 g/mol. The number of fused-ring (bicyclic) bond motifs is 6. The van der Waals surface area contributed by atoms with Crippen molar-refractivity contribution in [1.29, 1.82) is 0 Å². The first-order valence-corrected chi connectivity index (χ1v) is 11.7. The molecule has 3 N–H and O–H groups in total. The predicted molar refractivity (Wildman–Crippen MR) is 112 cm³/mol. The van der Waals surface area contributed by atoms with Gasteiger partial charge in [0.2, 0.25) is 0 Å². The highest BCUT2D eigenvalue weighted by Crippen LogP contribution is 2.66. The quantitative estimate of drug-likeness (QED) is 0.411. The molecule has 0 aromatic rings. The molecular formula is C24H36O8. The summed E-state index contributed by atoms with van der Waals surface area (Å²) in [6, 6.07) is 0. The molecule has 0 radical (unpaired) electrons. The second-order valence-electron chi connectivity index (χ2n) is 11.8. The van der Waals surface area contributed by atoms with Gasteiger partial charge in [0, 0.05) is 23.2 Å². The highest BCUT2D eigenvalue weighted by molar-refractivity contribution is 5.65. The standard InChI is InChI=1S/C24H36O8/c1-12-13(26)10-24-18(29-19(27)32-24)16-22(6,8-7-9-23(16,28)11-25)17-15(14(12)20(24,2)3)30-21(4,5)31-17/h13,15-18,25-26,28H,7-11H2,1-6H3/t13-,15+,16-,17-,18-,22+,23+,24+/m0/s1. The molecule has 2 aliphatic heterocycles. The summed E-state index contributed by atoms with van der Waals surface area (Å²) in [4.78, 5) is 12.7. The van der Waals surface area contributed by atoms with E-state index in [-0.39, 0.29) is 6.42 Å². The van der Waals surface area contributed by atoms with E-state index in [0.717, 1.165) is 11.1 Å². The van der Waals surface area contributed by atoms with E-state index in [2.05, 4.69) is 0 Å². The number of aliphatic hydroxyl groups is 3. The maximum atomic E-state index is 12.7. The fraction of sp³-hybridized carbons (Fsp3) is 0.875. The molecule has 2 bridgehead atoms. The van der Waals surface area contributed by atoms with Gasteiger partial charge < -0.3 is 34.3 Å². The summed E-state index contributed by atoms with van der Waals surface area (Å²) >= 11 is 0. The first kappa shape index (κ1) is 22.6. The minimum absolute atomic E-state index is 0.154. The van der Waals surface area contributed by atoms with Gasteiger partial charge in [-0.1, -0.05) is 20.8 Å². The Labute approximate surface area is 188 Å². The highest BCUT2D eigenvalue weighted by atomic mass is 16.8. The van der Waals surface area contributed by atoms with Crippen molar-refractivity contribution in [2.24, 2.45) is 16.7 Å². The molecule has 180 valence electrons. The monoisotopic (exact) mass is 452 g/mol. The smallest absolute Gasteiger partial charge is 0.426 e. The van der Waals surface area contributed by atoms with Crippen LogP contribution in [0.3, 0.4) is 0 Å². The van der Waals surface area contributed by atoms with Crippen LogP contribution in [0.4, 0.5) is 4.79 Å². The van der Waals surface area contributed by atoms with Crippen molar-refractivity contribution in [3.05, 3.63) is 11.1 Å². The molecule has 0 aromatic heterocycles. The third kappa shape index (κ3) is 2.59. The fourth-order valence-electron chi connectivity index (χ4n) is 7.86. The van der Waals surface area contributed by atoms with Gasteiger partial charge in [-0.2, -0.15) is 0 Å². The molecule has 5 aliphatic rings. The van der Waals surface area contributed by atoms with E-state index in [1.807, 2.05) is 41.5 Å². The van der Waals surface area contributed by atoms with Crippen LogP contribution in [0.5, 0.6) is 0 Å². The molecule has 5 rings (SSSR count). The molecule has 32 heavy (non-hydrogen) atoms. The van der Waals surface area contributed by atoms with Gasteiger partial charge in [0.25, 0.3) is 0 Å². The van der Waals surface area contributed by atoms with Gasteiger partial charge in [0.05, 0.1) is 24.4 Å². The van der Waals surface area contributed by atoms with E-state index in [1.165, 1.54) is 0 Å². The lowest BCUT2D eigenvalue weighted by atomic mass is 9.46. The zero-order valence-electron chi connectivity index (χ0n) is 19.8. The lowest BCUT2D eigenvalue weighted by Crippen LogP contribution is -2.72. The van der Waals surface area contributed by atoms with Crippen molar-refractivity contribution < 1.29 is 39.1 Å². The Hall–Kier alpha value is -1.19. The first-order valence-electron chi connectivity index (χ1n) is 11.7. The Kier molecular flexibility index (Phi) is 4.57. The number of carbonyl (C=O) groups is 1. The Morgan fingerprint density at radius 2 is 1.75 bits per heavy atom. The topological polar surface area (TPSA) is 115 Å². The number of ether oxygens (including phenoxy) is 4. The normalized spacial score (nSPS) is 51.0. The largest absolute Gasteiger partial charge is 0.509 e. The number of carbonyl (C=O) groups excluding carboxylic acids is 1. The Balaban J connectivity index is 1.84. The van der Waals surface area contributed by atoms with E-state index >= 15 is 0 Å². The van der Waals surface area contributed by atoms with Crippen LogP contribution in [-0.2, 0) is 18.9 Å². The molecule has 2 saturated carbocycles. The highest BCUT2D eigenvalue weighted by Gasteiger charge is 2.76. The lowest BCUT2D eigenvalue weighted by molar-refractivity contribution is -0.238. The van der Waals surface area contributed by atoms with E-state index in [0.29, 0.717) is 19.3 Å². The van der Waals surface area contributed by atoms with Gasteiger partial charge >= 0.3 is 6.16 Å². The summed E-state index contributed by atoms with van der Waals surface area (Å²) in [6.07, 6.45) is -1.57. The minimum Gasteiger partial charge on any atom is -0.426 e. The van der Waals surface area contributed by atoms with Crippen LogP contribution in [0.1, 0.15) is 67.2 Å². The van der Waals surface area contributed by atoms with E-state index in [1.54, 1.807) is 0 Å². The zero-order chi connectivity index (χ0) is 23.5. The third-order valence-corrected chi connectivity index (χ3v) is 9.32. The van der Waals surface area contributed by atoms with Gasteiger partial charge in [-0.25, -0.2) is 4.79 Å². The molecule has 0 amide bonds. The third-order valence-electron chi connectivity index (χ3n) is 9.32. The van der Waals surface area contributed by atoms with Crippen molar-refractivity contribution in [1.82, 2.24) is 0 Å². The molecule has 0 aromatic carbocycles. The van der Waals surface area contributed by atoms with Crippen LogP contribution >= 0.6 is 0 Å². The van der Waals surface area contributed by atoms with Gasteiger partial charge in [-0.05, 0) is 51.2 Å². The second kappa shape index (κ2) is 6.48. The molecule has 2 heterocycles. The molecule has 1 spiro atoms. The van der Waals surface area contributed by atoms with E-state index in [4.69, 9.17) is 18.9 Å². The molecule has 3 aliphatic carbocycles. The molecule has 8 heteroatoms. The number of aliphatic hydroxyl groups excluding tert-OH is 2. The van der Waals surface area contributed by atoms with Crippen molar-refractivity contribution in [3.63, 3.8) is 0 Å². The maximum absolute atomic E-state index is 12.7. The van der Waals surface area contributed by atoms with Crippen LogP contribution in [0, 0.1) is 16.7 Å². The lowest BCUT2D eigenvalue weighted by Gasteiger charge is -2.62. The van der Waals surface area contributed by atoms with Crippen LogP contribution < -0.4 is 0 Å². The molecule has 8 nitrogen and oxygen atoms in total. The van der Waals surface area contributed by atoms with Crippen LogP contribution in [0.15, 0.2) is 11.1 Å². The number of hydrogen-bond donors (Lipinski definition) is 3. The summed E-state index contributed by atoms with van der Waals surface area (Å²) in [6.45, 7) is 11.2. The predicted octanol–water partition coefficient (Wildman–Crippen LogP) is 2.43. The number of rotatable bonds is 1. The Morgan fingerprint density at radius 1 is 1.06 bits per heavy atom. The first-order chi connectivity index (χ1) is 14.7. The molecule has 0 unspecified atom stereocenters. The summed E-state index contributed by atoms with van der Waals surface area (Å²) < 4.78 is 24.9. The fourth-order valence-corrected chi connectivity index (χ4v) is 7.86.